The number of sulfonamides is 1. The number of nitrogens with one attached hydrogen (secondary N) is 1. The molecule has 2 aromatic rings. The number of halogens is 1. The van der Waals surface area contributed by atoms with E-state index < -0.39 is 28.5 Å². The highest BCUT2D eigenvalue weighted by Crippen LogP contribution is 2.32. The Hall–Kier alpha value is -2.79. The average molecular weight is 556 g/mol. The summed E-state index contributed by atoms with van der Waals surface area (Å²) < 4.78 is 37.6. The van der Waals surface area contributed by atoms with E-state index in [4.69, 9.17) is 9.47 Å². The van der Waals surface area contributed by atoms with Gasteiger partial charge in [-0.1, -0.05) is 28.1 Å². The molecule has 0 unspecified atom stereocenters. The van der Waals surface area contributed by atoms with Crippen molar-refractivity contribution in [3.63, 3.8) is 0 Å². The average Bonchev–Trinajstić information content (AvgIpc) is 2.80. The van der Waals surface area contributed by atoms with E-state index in [9.17, 15) is 18.0 Å². The van der Waals surface area contributed by atoms with Gasteiger partial charge in [-0.05, 0) is 43.7 Å². The van der Waals surface area contributed by atoms with Crippen molar-refractivity contribution in [1.82, 2.24) is 10.2 Å². The van der Waals surface area contributed by atoms with Crippen molar-refractivity contribution in [2.24, 2.45) is 0 Å². The second kappa shape index (κ2) is 12.1. The van der Waals surface area contributed by atoms with Gasteiger partial charge in [-0.2, -0.15) is 0 Å². The Morgan fingerprint density at radius 3 is 2.21 bits per heavy atom. The minimum Gasteiger partial charge on any atom is -0.493 e. The van der Waals surface area contributed by atoms with E-state index in [1.807, 2.05) is 24.3 Å². The van der Waals surface area contributed by atoms with Crippen molar-refractivity contribution in [1.29, 1.82) is 0 Å². The molecule has 0 fully saturated rings. The highest BCUT2D eigenvalue weighted by molar-refractivity contribution is 9.10. The first-order valence-corrected chi connectivity index (χ1v) is 13.2. The highest BCUT2D eigenvalue weighted by Gasteiger charge is 2.30. The molecule has 0 aliphatic heterocycles. The van der Waals surface area contributed by atoms with Crippen LogP contribution in [-0.2, 0) is 26.2 Å². The minimum atomic E-state index is -3.84. The van der Waals surface area contributed by atoms with Crippen LogP contribution in [-0.4, -0.2) is 64.7 Å². The molecule has 0 aliphatic carbocycles. The zero-order valence-corrected chi connectivity index (χ0v) is 22.3. The van der Waals surface area contributed by atoms with Crippen LogP contribution in [0.15, 0.2) is 46.9 Å². The van der Waals surface area contributed by atoms with E-state index in [1.165, 1.54) is 31.3 Å². The van der Waals surface area contributed by atoms with Crippen LogP contribution in [0.2, 0.25) is 0 Å². The summed E-state index contributed by atoms with van der Waals surface area (Å²) in [6.45, 7) is 3.45. The first kappa shape index (κ1) is 27.5. The Labute approximate surface area is 209 Å². The van der Waals surface area contributed by atoms with Gasteiger partial charge in [-0.25, -0.2) is 8.42 Å². The summed E-state index contributed by atoms with van der Waals surface area (Å²) in [5.74, 6) is -0.108. The topological polar surface area (TPSA) is 105 Å². The van der Waals surface area contributed by atoms with Gasteiger partial charge in [0.2, 0.25) is 21.8 Å². The Bertz CT molecular complexity index is 1110. The van der Waals surface area contributed by atoms with Crippen LogP contribution < -0.4 is 19.1 Å². The monoisotopic (exact) mass is 555 g/mol. The third-order valence-electron chi connectivity index (χ3n) is 5.12. The van der Waals surface area contributed by atoms with E-state index in [2.05, 4.69) is 21.2 Å². The van der Waals surface area contributed by atoms with Crippen molar-refractivity contribution in [2.75, 3.05) is 37.9 Å². The normalized spacial score (nSPS) is 11.9. The lowest BCUT2D eigenvalue weighted by atomic mass is 10.1. The van der Waals surface area contributed by atoms with Gasteiger partial charge in [-0.15, -0.1) is 0 Å². The lowest BCUT2D eigenvalue weighted by Crippen LogP contribution is -2.51. The molecule has 2 rings (SSSR count). The molecule has 11 heteroatoms. The molecule has 9 nitrogen and oxygen atoms in total. The largest absolute Gasteiger partial charge is 0.493 e. The fourth-order valence-corrected chi connectivity index (χ4v) is 4.39. The number of anilines is 1. The van der Waals surface area contributed by atoms with Crippen molar-refractivity contribution < 1.29 is 27.5 Å². The molecule has 0 spiro atoms. The van der Waals surface area contributed by atoms with E-state index in [1.54, 1.807) is 19.9 Å². The van der Waals surface area contributed by atoms with Crippen LogP contribution in [0, 0.1) is 0 Å². The predicted octanol–water partition coefficient (Wildman–Crippen LogP) is 2.79. The molecule has 2 aromatic carbocycles. The molecule has 1 atom stereocenters. The number of ether oxygens (including phenoxy) is 2. The standard InChI is InChI=1S/C23H30BrN3O6S/c1-6-25-23(29)16(2)26(14-17-7-9-18(24)10-8-17)22(28)15-27(34(5,30)31)19-11-12-20(32-3)21(13-19)33-4/h7-13,16H,6,14-15H2,1-5H3,(H,25,29)/t16-/m0/s1. The van der Waals surface area contributed by atoms with Gasteiger partial charge in [0.1, 0.15) is 12.6 Å². The molecule has 0 saturated heterocycles. The SMILES string of the molecule is CCNC(=O)[C@H](C)N(Cc1ccc(Br)cc1)C(=O)CN(c1ccc(OC)c(OC)c1)S(C)(=O)=O. The molecule has 0 heterocycles. The van der Waals surface area contributed by atoms with Gasteiger partial charge in [0.05, 0.1) is 26.2 Å². The zero-order valence-electron chi connectivity index (χ0n) is 19.9. The van der Waals surface area contributed by atoms with Gasteiger partial charge in [-0.3, -0.25) is 13.9 Å². The lowest BCUT2D eigenvalue weighted by molar-refractivity contribution is -0.139. The fraction of sp³-hybridized carbons (Fsp3) is 0.391. The fourth-order valence-electron chi connectivity index (χ4n) is 3.28. The minimum absolute atomic E-state index is 0.133. The summed E-state index contributed by atoms with van der Waals surface area (Å²) in [5, 5.41) is 2.72. The van der Waals surface area contributed by atoms with Crippen LogP contribution in [0.4, 0.5) is 5.69 Å². The summed E-state index contributed by atoms with van der Waals surface area (Å²) in [5.41, 5.74) is 1.03. The van der Waals surface area contributed by atoms with Crippen molar-refractivity contribution in [2.45, 2.75) is 26.4 Å². The maximum atomic E-state index is 13.4. The third kappa shape index (κ3) is 7.10. The molecule has 34 heavy (non-hydrogen) atoms. The third-order valence-corrected chi connectivity index (χ3v) is 6.79. The van der Waals surface area contributed by atoms with Crippen molar-refractivity contribution in [3.8, 4) is 11.5 Å². The Balaban J connectivity index is 2.42. The second-order valence-electron chi connectivity index (χ2n) is 7.53. The van der Waals surface area contributed by atoms with Crippen LogP contribution in [0.5, 0.6) is 11.5 Å². The molecule has 0 radical (unpaired) electrons. The summed E-state index contributed by atoms with van der Waals surface area (Å²) in [6.07, 6.45) is 1.02. The van der Waals surface area contributed by atoms with Gasteiger partial charge >= 0.3 is 0 Å². The Morgan fingerprint density at radius 2 is 1.68 bits per heavy atom. The first-order valence-electron chi connectivity index (χ1n) is 10.5. The molecule has 1 N–H and O–H groups in total. The van der Waals surface area contributed by atoms with Crippen molar-refractivity contribution in [3.05, 3.63) is 52.5 Å². The van der Waals surface area contributed by atoms with E-state index >= 15 is 0 Å². The highest BCUT2D eigenvalue weighted by atomic mass is 79.9. The van der Waals surface area contributed by atoms with Crippen LogP contribution >= 0.6 is 15.9 Å². The van der Waals surface area contributed by atoms with Crippen LogP contribution in [0.1, 0.15) is 19.4 Å². The van der Waals surface area contributed by atoms with Crippen LogP contribution in [0.3, 0.4) is 0 Å². The number of likely N-dealkylation sites (N-methyl/N-ethyl adjacent to an activating group) is 1. The number of benzene rings is 2. The Morgan fingerprint density at radius 1 is 1.06 bits per heavy atom. The molecular weight excluding hydrogens is 526 g/mol. The summed E-state index contributed by atoms with van der Waals surface area (Å²) in [4.78, 5) is 27.4. The van der Waals surface area contributed by atoms with Gasteiger partial charge < -0.3 is 19.7 Å². The zero-order chi connectivity index (χ0) is 25.5. The number of amides is 2. The summed E-state index contributed by atoms with van der Waals surface area (Å²) in [7, 11) is -0.937. The van der Waals surface area contributed by atoms with Gasteiger partial charge in [0, 0.05) is 23.6 Å². The van der Waals surface area contributed by atoms with Gasteiger partial charge in [0.15, 0.2) is 11.5 Å². The van der Waals surface area contributed by atoms with Gasteiger partial charge in [0.25, 0.3) is 0 Å². The maximum Gasteiger partial charge on any atom is 0.244 e. The maximum absolute atomic E-state index is 13.4. The van der Waals surface area contributed by atoms with Crippen LogP contribution in [0.25, 0.3) is 0 Å². The van der Waals surface area contributed by atoms with E-state index in [-0.39, 0.29) is 18.1 Å². The number of rotatable bonds is 11. The smallest absolute Gasteiger partial charge is 0.244 e. The molecule has 0 bridgehead atoms. The summed E-state index contributed by atoms with van der Waals surface area (Å²) >= 11 is 3.38. The number of carbonyl (C=O) groups excluding carboxylic acids is 2. The van der Waals surface area contributed by atoms with E-state index in [0.29, 0.717) is 18.0 Å². The van der Waals surface area contributed by atoms with E-state index in [0.717, 1.165) is 20.6 Å². The number of methoxy groups -OCH3 is 2. The second-order valence-corrected chi connectivity index (χ2v) is 10.4. The lowest BCUT2D eigenvalue weighted by Gasteiger charge is -2.31. The number of hydrogen-bond acceptors (Lipinski definition) is 6. The van der Waals surface area contributed by atoms with Crippen molar-refractivity contribution >= 4 is 43.5 Å². The molecule has 0 aliphatic rings. The molecule has 0 aromatic heterocycles. The number of hydrogen-bond donors (Lipinski definition) is 1. The number of carbonyl (C=O) groups is 2. The molecule has 186 valence electrons. The predicted molar refractivity (Wildman–Crippen MR) is 135 cm³/mol. The Kier molecular flexibility index (Phi) is 9.75. The molecule has 0 saturated carbocycles. The quantitative estimate of drug-likeness (QED) is 0.457. The number of nitrogens with zero attached hydrogens (tertiary/aromatic N) is 2. The first-order chi connectivity index (χ1) is 16.0. The molecular formula is C23H30BrN3O6S. The summed E-state index contributed by atoms with van der Waals surface area (Å²) in [6, 6.07) is 11.1. The molecule has 2 amide bonds.